The van der Waals surface area contributed by atoms with Crippen LogP contribution in [-0.4, -0.2) is 5.75 Å². The molecule has 2 rings (SSSR count). The Morgan fingerprint density at radius 2 is 1.95 bits per heavy atom. The van der Waals surface area contributed by atoms with Crippen LogP contribution in [0.15, 0.2) is 35.2 Å². The summed E-state index contributed by atoms with van der Waals surface area (Å²) in [6, 6.07) is 13.2. The molecule has 0 N–H and O–H groups in total. The lowest BCUT2D eigenvalue weighted by Gasteiger charge is -2.35. The maximum absolute atomic E-state index is 9.60. The lowest BCUT2D eigenvalue weighted by Crippen LogP contribution is -2.26. The van der Waals surface area contributed by atoms with Crippen molar-refractivity contribution in [3.05, 3.63) is 30.3 Å². The van der Waals surface area contributed by atoms with E-state index in [1.807, 2.05) is 11.8 Å². The van der Waals surface area contributed by atoms with Gasteiger partial charge < -0.3 is 0 Å². The molecular formula is C18H25NS. The molecule has 0 spiro atoms. The molecule has 1 aromatic carbocycles. The van der Waals surface area contributed by atoms with E-state index < -0.39 is 0 Å². The van der Waals surface area contributed by atoms with E-state index in [4.69, 9.17) is 0 Å². The predicted molar refractivity (Wildman–Crippen MR) is 86.7 cm³/mol. The van der Waals surface area contributed by atoms with Gasteiger partial charge in [-0.2, -0.15) is 5.26 Å². The summed E-state index contributed by atoms with van der Waals surface area (Å²) in [5.41, 5.74) is -0.0357. The second-order valence-electron chi connectivity index (χ2n) is 6.04. The smallest absolute Gasteiger partial charge is 0.0690 e. The summed E-state index contributed by atoms with van der Waals surface area (Å²) in [6.45, 7) is 2.27. The summed E-state index contributed by atoms with van der Waals surface area (Å²) in [7, 11) is 0. The SMILES string of the molecule is CCCC1CCC(C#N)(CCSc2ccccc2)CC1. The highest BCUT2D eigenvalue weighted by molar-refractivity contribution is 7.99. The Kier molecular flexibility index (Phi) is 5.98. The predicted octanol–water partition coefficient (Wildman–Crippen LogP) is 5.67. The number of hydrogen-bond donors (Lipinski definition) is 0. The molecule has 0 unspecified atom stereocenters. The molecule has 0 aliphatic heterocycles. The maximum Gasteiger partial charge on any atom is 0.0690 e. The highest BCUT2D eigenvalue weighted by Gasteiger charge is 2.34. The Bertz CT molecular complexity index is 426. The van der Waals surface area contributed by atoms with Crippen LogP contribution < -0.4 is 0 Å². The standard InChI is InChI=1S/C18H25NS/c1-2-6-16-9-11-18(15-19,12-10-16)13-14-20-17-7-4-3-5-8-17/h3-5,7-8,16H,2,6,9-14H2,1H3. The first-order valence-electron chi connectivity index (χ1n) is 7.87. The van der Waals surface area contributed by atoms with Gasteiger partial charge in [-0.25, -0.2) is 0 Å². The van der Waals surface area contributed by atoms with Gasteiger partial charge in [0.05, 0.1) is 11.5 Å². The molecule has 1 aromatic rings. The van der Waals surface area contributed by atoms with E-state index >= 15 is 0 Å². The highest BCUT2D eigenvalue weighted by Crippen LogP contribution is 2.43. The minimum atomic E-state index is -0.0357. The van der Waals surface area contributed by atoms with Gasteiger partial charge in [0.1, 0.15) is 0 Å². The van der Waals surface area contributed by atoms with Crippen LogP contribution in [0.3, 0.4) is 0 Å². The van der Waals surface area contributed by atoms with Crippen molar-refractivity contribution in [3.63, 3.8) is 0 Å². The molecule has 0 atom stereocenters. The molecular weight excluding hydrogens is 262 g/mol. The van der Waals surface area contributed by atoms with Crippen LogP contribution in [-0.2, 0) is 0 Å². The summed E-state index contributed by atoms with van der Waals surface area (Å²) in [5.74, 6) is 1.94. The monoisotopic (exact) mass is 287 g/mol. The molecule has 108 valence electrons. The summed E-state index contributed by atoms with van der Waals surface area (Å²) < 4.78 is 0. The number of thioether (sulfide) groups is 1. The summed E-state index contributed by atoms with van der Waals surface area (Å²) in [5, 5.41) is 9.60. The van der Waals surface area contributed by atoms with E-state index in [2.05, 4.69) is 43.3 Å². The van der Waals surface area contributed by atoms with Crippen molar-refractivity contribution < 1.29 is 0 Å². The average Bonchev–Trinajstić information content (AvgIpc) is 2.51. The molecule has 0 radical (unpaired) electrons. The molecule has 2 heteroatoms. The Morgan fingerprint density at radius 1 is 1.25 bits per heavy atom. The van der Waals surface area contributed by atoms with Crippen LogP contribution in [0, 0.1) is 22.7 Å². The van der Waals surface area contributed by atoms with E-state index in [1.54, 1.807) is 0 Å². The molecule has 1 aliphatic rings. The van der Waals surface area contributed by atoms with Gasteiger partial charge >= 0.3 is 0 Å². The highest BCUT2D eigenvalue weighted by atomic mass is 32.2. The summed E-state index contributed by atoms with van der Waals surface area (Å²) in [6.07, 6.45) is 8.43. The maximum atomic E-state index is 9.60. The minimum absolute atomic E-state index is 0.0357. The largest absolute Gasteiger partial charge is 0.198 e. The second kappa shape index (κ2) is 7.74. The third-order valence-corrected chi connectivity index (χ3v) is 5.60. The average molecular weight is 287 g/mol. The van der Waals surface area contributed by atoms with E-state index in [-0.39, 0.29) is 5.41 Å². The van der Waals surface area contributed by atoms with Gasteiger partial charge in [0.15, 0.2) is 0 Å². The van der Waals surface area contributed by atoms with Crippen LogP contribution >= 0.6 is 11.8 Å². The molecule has 0 heterocycles. The van der Waals surface area contributed by atoms with Crippen LogP contribution in [0.25, 0.3) is 0 Å². The Balaban J connectivity index is 1.80. The number of rotatable bonds is 6. The van der Waals surface area contributed by atoms with Crippen molar-refractivity contribution in [2.75, 3.05) is 5.75 Å². The quantitative estimate of drug-likeness (QED) is 0.629. The van der Waals surface area contributed by atoms with Crippen LogP contribution in [0.5, 0.6) is 0 Å². The molecule has 0 amide bonds. The van der Waals surface area contributed by atoms with E-state index in [0.29, 0.717) is 0 Å². The van der Waals surface area contributed by atoms with Gasteiger partial charge in [0.25, 0.3) is 0 Å². The zero-order valence-corrected chi connectivity index (χ0v) is 13.3. The first-order valence-corrected chi connectivity index (χ1v) is 8.86. The lowest BCUT2D eigenvalue weighted by molar-refractivity contribution is 0.197. The van der Waals surface area contributed by atoms with Gasteiger partial charge in [0.2, 0.25) is 0 Å². The van der Waals surface area contributed by atoms with Crippen molar-refractivity contribution in [1.82, 2.24) is 0 Å². The van der Waals surface area contributed by atoms with Gasteiger partial charge in [-0.3, -0.25) is 0 Å². The minimum Gasteiger partial charge on any atom is -0.198 e. The van der Waals surface area contributed by atoms with Gasteiger partial charge in [0, 0.05) is 4.90 Å². The van der Waals surface area contributed by atoms with E-state index in [1.165, 1.54) is 30.6 Å². The number of nitrogens with zero attached hydrogens (tertiary/aromatic N) is 1. The van der Waals surface area contributed by atoms with Crippen molar-refractivity contribution in [3.8, 4) is 6.07 Å². The Hall–Kier alpha value is -0.940. The Morgan fingerprint density at radius 3 is 2.55 bits per heavy atom. The molecule has 0 aromatic heterocycles. The van der Waals surface area contributed by atoms with Crippen molar-refractivity contribution in [2.24, 2.45) is 11.3 Å². The molecule has 0 saturated heterocycles. The molecule has 1 fully saturated rings. The molecule has 1 nitrogen and oxygen atoms in total. The van der Waals surface area contributed by atoms with Crippen LogP contribution in [0.4, 0.5) is 0 Å². The summed E-state index contributed by atoms with van der Waals surface area (Å²) in [4.78, 5) is 1.32. The Labute approximate surface area is 127 Å². The van der Waals surface area contributed by atoms with Crippen molar-refractivity contribution >= 4 is 11.8 Å². The zero-order chi connectivity index (χ0) is 14.3. The third kappa shape index (κ3) is 4.28. The topological polar surface area (TPSA) is 23.8 Å². The first-order chi connectivity index (χ1) is 9.78. The van der Waals surface area contributed by atoms with E-state index in [9.17, 15) is 5.26 Å². The summed E-state index contributed by atoms with van der Waals surface area (Å²) >= 11 is 1.89. The number of benzene rings is 1. The normalized spacial score (nSPS) is 26.1. The second-order valence-corrected chi connectivity index (χ2v) is 7.20. The fourth-order valence-corrected chi connectivity index (χ4v) is 4.30. The van der Waals surface area contributed by atoms with Crippen LogP contribution in [0.2, 0.25) is 0 Å². The van der Waals surface area contributed by atoms with Gasteiger partial charge in [-0.1, -0.05) is 38.0 Å². The fourth-order valence-electron chi connectivity index (χ4n) is 3.23. The van der Waals surface area contributed by atoms with Crippen molar-refractivity contribution in [2.45, 2.75) is 56.8 Å². The fraction of sp³-hybridized carbons (Fsp3) is 0.611. The lowest BCUT2D eigenvalue weighted by atomic mass is 9.69. The number of hydrogen-bond acceptors (Lipinski definition) is 2. The van der Waals surface area contributed by atoms with Gasteiger partial charge in [-0.05, 0) is 55.9 Å². The zero-order valence-electron chi connectivity index (χ0n) is 12.5. The van der Waals surface area contributed by atoms with E-state index in [0.717, 1.165) is 30.9 Å². The molecule has 0 bridgehead atoms. The molecule has 1 saturated carbocycles. The molecule has 1 aliphatic carbocycles. The third-order valence-electron chi connectivity index (χ3n) is 4.59. The van der Waals surface area contributed by atoms with Crippen molar-refractivity contribution in [1.29, 1.82) is 5.26 Å². The first kappa shape index (κ1) is 15.4. The van der Waals surface area contributed by atoms with Gasteiger partial charge in [-0.15, -0.1) is 11.8 Å². The van der Waals surface area contributed by atoms with Crippen LogP contribution in [0.1, 0.15) is 51.9 Å². The number of nitriles is 1. The molecule has 20 heavy (non-hydrogen) atoms.